The van der Waals surface area contributed by atoms with E-state index in [9.17, 15) is 0 Å². The Morgan fingerprint density at radius 1 is 0.968 bits per heavy atom. The molecule has 0 bridgehead atoms. The van der Waals surface area contributed by atoms with Crippen LogP contribution in [0.25, 0.3) is 0 Å². The van der Waals surface area contributed by atoms with E-state index in [1.54, 1.807) is 11.3 Å². The van der Waals surface area contributed by atoms with E-state index in [2.05, 4.69) is 42.6 Å². The zero-order valence-electron chi connectivity index (χ0n) is 16.3. The lowest BCUT2D eigenvalue weighted by atomic mass is 10.0. The van der Waals surface area contributed by atoms with E-state index in [-0.39, 0.29) is 12.1 Å². The molecule has 0 saturated carbocycles. The van der Waals surface area contributed by atoms with Gasteiger partial charge in [-0.3, -0.25) is 4.98 Å². The van der Waals surface area contributed by atoms with Gasteiger partial charge in [0, 0.05) is 26.6 Å². The molecule has 0 radical (unpaired) electrons. The third-order valence-corrected chi connectivity index (χ3v) is 7.15. The number of nitrogens with zero attached hydrogens (tertiary/aromatic N) is 2. The van der Waals surface area contributed by atoms with Crippen LogP contribution in [0.2, 0.25) is 0 Å². The predicted molar refractivity (Wildman–Crippen MR) is 133 cm³/mol. The van der Waals surface area contributed by atoms with Crippen LogP contribution < -0.4 is 15.0 Å². The molecule has 7 heteroatoms. The van der Waals surface area contributed by atoms with E-state index in [0.29, 0.717) is 5.11 Å². The second kappa shape index (κ2) is 8.78. The molecule has 2 aromatic carbocycles. The molecule has 2 atom stereocenters. The first kappa shape index (κ1) is 20.2. The van der Waals surface area contributed by atoms with Crippen LogP contribution in [0.15, 0.2) is 94.9 Å². The number of benzene rings is 2. The predicted octanol–water partition coefficient (Wildman–Crippen LogP) is 6.88. The van der Waals surface area contributed by atoms with Gasteiger partial charge in [0.2, 0.25) is 0 Å². The van der Waals surface area contributed by atoms with E-state index in [1.807, 2.05) is 79.0 Å². The van der Waals surface area contributed by atoms with Crippen LogP contribution in [0.4, 0.5) is 5.69 Å². The van der Waals surface area contributed by atoms with Crippen LogP contribution in [0, 0.1) is 0 Å². The summed E-state index contributed by atoms with van der Waals surface area (Å²) in [7, 11) is 0. The summed E-state index contributed by atoms with van der Waals surface area (Å²) < 4.78 is 7.01. The molecule has 0 spiro atoms. The lowest BCUT2D eigenvalue weighted by Gasteiger charge is -2.27. The van der Waals surface area contributed by atoms with Crippen molar-refractivity contribution in [2.45, 2.75) is 12.1 Å². The van der Waals surface area contributed by atoms with E-state index < -0.39 is 0 Å². The van der Waals surface area contributed by atoms with Gasteiger partial charge in [0.05, 0.1) is 17.8 Å². The molecule has 31 heavy (non-hydrogen) atoms. The van der Waals surface area contributed by atoms with Gasteiger partial charge in [-0.15, -0.1) is 11.3 Å². The molecule has 1 fully saturated rings. The van der Waals surface area contributed by atoms with Crippen molar-refractivity contribution >= 4 is 50.3 Å². The first-order valence-corrected chi connectivity index (χ1v) is 11.8. The number of pyridine rings is 1. The fourth-order valence-corrected chi connectivity index (χ4v) is 5.62. The number of nitrogens with one attached hydrogen (secondary N) is 1. The minimum absolute atomic E-state index is 0.000378. The molecule has 1 saturated heterocycles. The number of thiophene rings is 1. The largest absolute Gasteiger partial charge is 0.457 e. The van der Waals surface area contributed by atoms with Crippen LogP contribution in [0.3, 0.4) is 0 Å². The monoisotopic (exact) mass is 507 g/mol. The average Bonchev–Trinajstić information content (AvgIpc) is 3.38. The molecule has 2 aromatic heterocycles. The number of ether oxygens (including phenoxy) is 1. The molecule has 1 aliphatic rings. The molecule has 3 heterocycles. The number of halogens is 1. The van der Waals surface area contributed by atoms with E-state index >= 15 is 0 Å². The summed E-state index contributed by atoms with van der Waals surface area (Å²) in [6, 6.07) is 25.9. The summed E-state index contributed by atoms with van der Waals surface area (Å²) in [6.07, 6.45) is 1.82. The SMILES string of the molecule is S=C1N[C@@H](c2ccccn2)[C@H](c2cc(Br)cs2)N1c1ccc(Oc2ccccc2)cc1. The fraction of sp³-hybridized carbons (Fsp3) is 0.0833. The summed E-state index contributed by atoms with van der Waals surface area (Å²) >= 11 is 11.1. The minimum atomic E-state index is -0.0421. The maximum atomic E-state index is 5.95. The van der Waals surface area contributed by atoms with Crippen LogP contribution in [-0.2, 0) is 0 Å². The molecule has 0 amide bonds. The first-order chi connectivity index (χ1) is 15.2. The Bertz CT molecular complexity index is 1180. The normalized spacial score (nSPS) is 18.1. The van der Waals surface area contributed by atoms with Crippen molar-refractivity contribution in [3.05, 3.63) is 105 Å². The Hall–Kier alpha value is -2.74. The van der Waals surface area contributed by atoms with E-state index in [4.69, 9.17) is 17.0 Å². The Balaban J connectivity index is 1.48. The zero-order chi connectivity index (χ0) is 21.2. The Kier molecular flexibility index (Phi) is 5.72. The first-order valence-electron chi connectivity index (χ1n) is 9.76. The van der Waals surface area contributed by atoms with Gasteiger partial charge >= 0.3 is 0 Å². The standard InChI is InChI=1S/C24H18BrN3OS2/c25-16-14-21(31-15-16)23-22(20-8-4-5-13-26-20)27-24(30)28(23)17-9-11-19(12-10-17)29-18-6-2-1-3-7-18/h1-15,22-23H,(H,27,30)/t22-,23-/m0/s1. The summed E-state index contributed by atoms with van der Waals surface area (Å²) in [5.41, 5.74) is 1.97. The average molecular weight is 508 g/mol. The van der Waals surface area contributed by atoms with Gasteiger partial charge < -0.3 is 15.0 Å². The van der Waals surface area contributed by atoms with Crippen molar-refractivity contribution in [3.8, 4) is 11.5 Å². The van der Waals surface area contributed by atoms with Gasteiger partial charge in [-0.25, -0.2) is 0 Å². The van der Waals surface area contributed by atoms with Gasteiger partial charge in [0.25, 0.3) is 0 Å². The summed E-state index contributed by atoms with van der Waals surface area (Å²) in [4.78, 5) is 7.96. The molecule has 4 aromatic rings. The quantitative estimate of drug-likeness (QED) is 0.298. The molecule has 1 N–H and O–H groups in total. The van der Waals surface area contributed by atoms with Gasteiger partial charge in [0.15, 0.2) is 5.11 Å². The molecular formula is C24H18BrN3OS2. The van der Waals surface area contributed by atoms with Crippen LogP contribution in [-0.4, -0.2) is 10.1 Å². The van der Waals surface area contributed by atoms with E-state index in [0.717, 1.165) is 27.4 Å². The summed E-state index contributed by atoms with van der Waals surface area (Å²) in [6.45, 7) is 0. The lowest BCUT2D eigenvalue weighted by Crippen LogP contribution is -2.28. The van der Waals surface area contributed by atoms with Crippen LogP contribution in [0.5, 0.6) is 11.5 Å². The molecular weight excluding hydrogens is 490 g/mol. The number of aromatic nitrogens is 1. The Labute approximate surface area is 198 Å². The molecule has 0 unspecified atom stereocenters. The second-order valence-electron chi connectivity index (χ2n) is 7.07. The molecule has 0 aliphatic carbocycles. The van der Waals surface area contributed by atoms with E-state index in [1.165, 1.54) is 4.88 Å². The maximum Gasteiger partial charge on any atom is 0.174 e. The van der Waals surface area contributed by atoms with Crippen molar-refractivity contribution in [2.24, 2.45) is 0 Å². The highest BCUT2D eigenvalue weighted by molar-refractivity contribution is 9.10. The smallest absolute Gasteiger partial charge is 0.174 e. The number of hydrogen-bond acceptors (Lipinski definition) is 4. The van der Waals surface area contributed by atoms with Crippen molar-refractivity contribution in [1.82, 2.24) is 10.3 Å². The van der Waals surface area contributed by atoms with Crippen LogP contribution in [0.1, 0.15) is 22.7 Å². The number of anilines is 1. The number of rotatable bonds is 5. The Morgan fingerprint density at radius 3 is 2.39 bits per heavy atom. The van der Waals surface area contributed by atoms with Crippen molar-refractivity contribution in [3.63, 3.8) is 0 Å². The Morgan fingerprint density at radius 2 is 1.71 bits per heavy atom. The van der Waals surface area contributed by atoms with Crippen molar-refractivity contribution in [2.75, 3.05) is 4.90 Å². The highest BCUT2D eigenvalue weighted by Gasteiger charge is 2.41. The second-order valence-corrected chi connectivity index (χ2v) is 9.32. The summed E-state index contributed by atoms with van der Waals surface area (Å²) in [5.74, 6) is 1.59. The third-order valence-electron chi connectivity index (χ3n) is 5.07. The minimum Gasteiger partial charge on any atom is -0.457 e. The molecule has 4 nitrogen and oxygen atoms in total. The van der Waals surface area contributed by atoms with Crippen molar-refractivity contribution in [1.29, 1.82) is 0 Å². The maximum absolute atomic E-state index is 5.95. The summed E-state index contributed by atoms with van der Waals surface area (Å²) in [5, 5.41) is 6.27. The third kappa shape index (κ3) is 4.21. The topological polar surface area (TPSA) is 37.4 Å². The fourth-order valence-electron chi connectivity index (χ4n) is 3.70. The van der Waals surface area contributed by atoms with Crippen LogP contribution >= 0.6 is 39.5 Å². The van der Waals surface area contributed by atoms with Gasteiger partial charge in [0.1, 0.15) is 11.5 Å². The zero-order valence-corrected chi connectivity index (χ0v) is 19.5. The van der Waals surface area contributed by atoms with Gasteiger partial charge in [-0.05, 0) is 82.7 Å². The molecule has 5 rings (SSSR count). The number of thiocarbonyl (C=S) groups is 1. The number of hydrogen-bond donors (Lipinski definition) is 1. The number of para-hydroxylation sites is 1. The molecule has 154 valence electrons. The molecule has 1 aliphatic heterocycles. The van der Waals surface area contributed by atoms with Gasteiger partial charge in [-0.2, -0.15) is 0 Å². The van der Waals surface area contributed by atoms with Crippen molar-refractivity contribution < 1.29 is 4.74 Å². The highest BCUT2D eigenvalue weighted by Crippen LogP contribution is 2.44. The lowest BCUT2D eigenvalue weighted by molar-refractivity contribution is 0.482. The highest BCUT2D eigenvalue weighted by atomic mass is 79.9. The van der Waals surface area contributed by atoms with Gasteiger partial charge in [-0.1, -0.05) is 24.3 Å².